The maximum atomic E-state index is 17.1. The van der Waals surface area contributed by atoms with Gasteiger partial charge in [0.05, 0.1) is 42.4 Å². The first-order valence-electron chi connectivity index (χ1n) is 19.5. The second-order valence-corrected chi connectivity index (χ2v) is 16.2. The molecule has 2 aromatic carbocycles. The largest absolute Gasteiger partial charge is 0.461 e. The van der Waals surface area contributed by atoms with Gasteiger partial charge in [-0.15, -0.1) is 6.42 Å². The van der Waals surface area contributed by atoms with Gasteiger partial charge >= 0.3 is 6.01 Å². The highest BCUT2D eigenvalue weighted by Gasteiger charge is 2.51. The Morgan fingerprint density at radius 2 is 2.02 bits per heavy atom. The summed E-state index contributed by atoms with van der Waals surface area (Å²) in [4.78, 5) is 36.2. The third-order valence-electron chi connectivity index (χ3n) is 12.8. The Morgan fingerprint density at radius 3 is 2.80 bits per heavy atom. The highest BCUT2D eigenvalue weighted by Crippen LogP contribution is 2.42. The molecular weight excluding hydrogens is 724 g/mol. The number of anilines is 1. The number of carbonyl (C=O) groups is 1. The minimum Gasteiger partial charge on any atom is -0.461 e. The lowest BCUT2D eigenvalue weighted by molar-refractivity contribution is -0.164. The zero-order chi connectivity index (χ0) is 38.2. The molecule has 4 atom stereocenters. The van der Waals surface area contributed by atoms with Gasteiger partial charge in [-0.3, -0.25) is 19.6 Å². The summed E-state index contributed by atoms with van der Waals surface area (Å²) in [6.45, 7) is 5.49. The van der Waals surface area contributed by atoms with E-state index in [2.05, 4.69) is 25.7 Å². The lowest BCUT2D eigenvalue weighted by Gasteiger charge is -2.55. The Bertz CT molecular complexity index is 2320. The standard InChI is InChI=1S/C42H42F3N7O4/c1-2-30-33(44)10-9-26-6-3-7-31(35(26)30)37-36(45)38-32(18-46-37)39(48-40(47-38)56-25-41-11-5-13-51(41)19-27(43)17-41)50-14-15-52(42(22-50)23-54-24-42)34(53)8-4-12-49-20-29-16-28(49)21-55-29/h1,3-4,6-10,18,27-29H,5,11-17,19-25H2/b8-4+/t27-,28+,29+,41+/m1/s1. The lowest BCUT2D eigenvalue weighted by atomic mass is 9.91. The van der Waals surface area contributed by atoms with Crippen LogP contribution in [0.3, 0.4) is 0 Å². The van der Waals surface area contributed by atoms with Crippen LogP contribution in [0.2, 0.25) is 0 Å². The number of hydrogen-bond acceptors (Lipinski definition) is 10. The van der Waals surface area contributed by atoms with E-state index >= 15 is 4.39 Å². The number of halogens is 3. The molecule has 0 unspecified atom stereocenters. The molecule has 4 aromatic rings. The van der Waals surface area contributed by atoms with Gasteiger partial charge in [0.15, 0.2) is 5.82 Å². The van der Waals surface area contributed by atoms with Crippen LogP contribution >= 0.6 is 0 Å². The van der Waals surface area contributed by atoms with Crippen molar-refractivity contribution in [1.82, 2.24) is 29.7 Å². The number of fused-ring (bicyclic) bond motifs is 5. The van der Waals surface area contributed by atoms with Crippen molar-refractivity contribution >= 4 is 33.4 Å². The number of hydrogen-bond donors (Lipinski definition) is 0. The van der Waals surface area contributed by atoms with Crippen molar-refractivity contribution in [2.45, 2.75) is 55.1 Å². The number of aromatic nitrogens is 3. The van der Waals surface area contributed by atoms with Crippen LogP contribution in [0.15, 0.2) is 48.7 Å². The molecule has 2 aromatic heterocycles. The SMILES string of the molecule is C#Cc1c(F)ccc2cccc(-c3ncc4c(N5CCN(C(=O)/C=C/CN6C[C@@H]7C[C@H]6CO7)C6(COC6)C5)nc(OC[C@@]56CCCN5C[C@H](F)C6)nc4c3F)c12. The van der Waals surface area contributed by atoms with Crippen LogP contribution in [0.25, 0.3) is 32.9 Å². The molecule has 56 heavy (non-hydrogen) atoms. The molecule has 2 bridgehead atoms. The van der Waals surface area contributed by atoms with E-state index in [9.17, 15) is 13.6 Å². The number of terminal acetylenes is 1. The number of benzene rings is 2. The Balaban J connectivity index is 0.999. The highest BCUT2D eigenvalue weighted by molar-refractivity contribution is 6.02. The second kappa shape index (κ2) is 13.7. The van der Waals surface area contributed by atoms with Gasteiger partial charge in [-0.05, 0) is 37.3 Å². The Labute approximate surface area is 322 Å². The number of nitrogens with zero attached hydrogens (tertiary/aromatic N) is 7. The van der Waals surface area contributed by atoms with Gasteiger partial charge in [-0.2, -0.15) is 9.97 Å². The highest BCUT2D eigenvalue weighted by atomic mass is 19.1. The van der Waals surface area contributed by atoms with Crippen LogP contribution in [0.4, 0.5) is 19.0 Å². The molecular formula is C42H42F3N7O4. The molecule has 0 aliphatic carbocycles. The fourth-order valence-corrected chi connectivity index (χ4v) is 10.0. The first-order chi connectivity index (χ1) is 27.2. The van der Waals surface area contributed by atoms with Crippen molar-refractivity contribution in [3.63, 3.8) is 0 Å². The number of alkyl halides is 1. The van der Waals surface area contributed by atoms with Crippen LogP contribution in [-0.2, 0) is 14.3 Å². The molecule has 1 spiro atoms. The van der Waals surface area contributed by atoms with Gasteiger partial charge in [-0.25, -0.2) is 13.2 Å². The summed E-state index contributed by atoms with van der Waals surface area (Å²) in [7, 11) is 0. The minimum atomic E-state index is -0.948. The topological polar surface area (TPSA) is 96.4 Å². The first kappa shape index (κ1) is 35.6. The summed E-state index contributed by atoms with van der Waals surface area (Å²) in [5, 5.41) is 1.37. The second-order valence-electron chi connectivity index (χ2n) is 16.2. The van der Waals surface area contributed by atoms with E-state index in [1.807, 2.05) is 15.9 Å². The van der Waals surface area contributed by atoms with E-state index in [0.29, 0.717) is 85.9 Å². The van der Waals surface area contributed by atoms with E-state index in [-0.39, 0.29) is 41.4 Å². The van der Waals surface area contributed by atoms with E-state index < -0.39 is 28.9 Å². The van der Waals surface area contributed by atoms with Crippen molar-refractivity contribution in [1.29, 1.82) is 0 Å². The number of ether oxygens (including phenoxy) is 3. The third kappa shape index (κ3) is 5.81. The molecule has 0 radical (unpaired) electrons. The number of pyridine rings is 1. The maximum Gasteiger partial charge on any atom is 0.319 e. The number of carbonyl (C=O) groups excluding carboxylic acids is 1. The molecule has 6 aliphatic rings. The van der Waals surface area contributed by atoms with Gasteiger partial charge in [0, 0.05) is 75.0 Å². The van der Waals surface area contributed by atoms with Crippen LogP contribution in [-0.4, -0.2) is 137 Å². The number of likely N-dealkylation sites (tertiary alicyclic amines) is 1. The van der Waals surface area contributed by atoms with Gasteiger partial charge < -0.3 is 24.0 Å². The van der Waals surface area contributed by atoms with Crippen molar-refractivity contribution in [3.05, 3.63) is 65.9 Å². The fraction of sp³-hybridized carbons (Fsp3) is 0.476. The smallest absolute Gasteiger partial charge is 0.319 e. The number of morpholine rings is 1. The summed E-state index contributed by atoms with van der Waals surface area (Å²) in [5.41, 5.74) is -0.822. The zero-order valence-corrected chi connectivity index (χ0v) is 30.9. The average Bonchev–Trinajstić information content (AvgIpc) is 3.98. The molecule has 10 rings (SSSR count). The molecule has 11 nitrogen and oxygen atoms in total. The number of amides is 1. The maximum absolute atomic E-state index is 17.1. The quantitative estimate of drug-likeness (QED) is 0.189. The monoisotopic (exact) mass is 765 g/mol. The van der Waals surface area contributed by atoms with Crippen LogP contribution in [0.5, 0.6) is 6.01 Å². The Morgan fingerprint density at radius 1 is 1.12 bits per heavy atom. The van der Waals surface area contributed by atoms with Crippen LogP contribution in [0.1, 0.15) is 31.2 Å². The summed E-state index contributed by atoms with van der Waals surface area (Å²) in [6, 6.07) is 8.46. The first-order valence-corrected chi connectivity index (χ1v) is 19.5. The summed E-state index contributed by atoms with van der Waals surface area (Å²) in [5.74, 6) is 1.43. The van der Waals surface area contributed by atoms with Crippen molar-refractivity contribution in [2.24, 2.45) is 0 Å². The molecule has 6 fully saturated rings. The average molecular weight is 766 g/mol. The van der Waals surface area contributed by atoms with Gasteiger partial charge in [-0.1, -0.05) is 36.3 Å². The Kier molecular flexibility index (Phi) is 8.70. The molecule has 290 valence electrons. The summed E-state index contributed by atoms with van der Waals surface area (Å²) < 4.78 is 64.5. The van der Waals surface area contributed by atoms with Gasteiger partial charge in [0.2, 0.25) is 5.91 Å². The third-order valence-corrected chi connectivity index (χ3v) is 12.8. The van der Waals surface area contributed by atoms with E-state index in [1.165, 1.54) is 12.3 Å². The normalized spacial score (nSPS) is 27.1. The zero-order valence-electron chi connectivity index (χ0n) is 30.9. The molecule has 0 saturated carbocycles. The predicted molar refractivity (Wildman–Crippen MR) is 203 cm³/mol. The van der Waals surface area contributed by atoms with Crippen molar-refractivity contribution < 1.29 is 32.2 Å². The van der Waals surface area contributed by atoms with E-state index in [0.717, 1.165) is 39.0 Å². The molecule has 6 saturated heterocycles. The molecule has 6 aliphatic heterocycles. The molecule has 14 heteroatoms. The van der Waals surface area contributed by atoms with Crippen molar-refractivity contribution in [2.75, 3.05) is 77.1 Å². The molecule has 0 N–H and O–H groups in total. The van der Waals surface area contributed by atoms with Crippen LogP contribution < -0.4 is 9.64 Å². The summed E-state index contributed by atoms with van der Waals surface area (Å²) in [6.07, 6.45) is 13.3. The van der Waals surface area contributed by atoms with Crippen molar-refractivity contribution in [3.8, 4) is 29.6 Å². The molecule has 8 heterocycles. The number of rotatable bonds is 8. The van der Waals surface area contributed by atoms with Crippen LogP contribution in [0, 0.1) is 24.0 Å². The Hall–Kier alpha value is -4.81. The van der Waals surface area contributed by atoms with E-state index in [4.69, 9.17) is 25.6 Å². The summed E-state index contributed by atoms with van der Waals surface area (Å²) >= 11 is 0. The van der Waals surface area contributed by atoms with Gasteiger partial charge in [0.1, 0.15) is 41.2 Å². The molecule has 1 amide bonds. The minimum absolute atomic E-state index is 0.0165. The van der Waals surface area contributed by atoms with E-state index in [1.54, 1.807) is 30.3 Å². The fourth-order valence-electron chi connectivity index (χ4n) is 10.0. The van der Waals surface area contributed by atoms with Gasteiger partial charge in [0.25, 0.3) is 0 Å². The predicted octanol–water partition coefficient (Wildman–Crippen LogP) is 4.51. The number of piperazine rings is 1. The lowest BCUT2D eigenvalue weighted by Crippen LogP contribution is -2.72.